The number of methoxy groups -OCH3 is 2. The maximum absolute atomic E-state index is 5.43. The molecule has 1 heterocycles. The van der Waals surface area contributed by atoms with Crippen LogP contribution in [0.5, 0.6) is 11.5 Å². The summed E-state index contributed by atoms with van der Waals surface area (Å²) in [7, 11) is 3.22. The molecule has 0 aliphatic rings. The van der Waals surface area contributed by atoms with Crippen molar-refractivity contribution >= 4 is 45.1 Å². The molecular weight excluding hydrogens is 396 g/mol. The number of nitrogens with one attached hydrogen (secondary N) is 2. The standard InChI is InChI=1S/C23H30N4O2S/c1-4-5-6-7-8-9-12-24-23(30)25-16-10-11-17-18(13-16)27-20-15-22(29-3)21(28-2)14-19(20)26-17/h10-11,13-15H,4-9,12H2,1-3H3,(H2,24,25,30). The minimum Gasteiger partial charge on any atom is -0.493 e. The van der Waals surface area contributed by atoms with E-state index >= 15 is 0 Å². The molecule has 0 unspecified atom stereocenters. The van der Waals surface area contributed by atoms with Crippen LogP contribution in [-0.4, -0.2) is 35.8 Å². The van der Waals surface area contributed by atoms with E-state index in [9.17, 15) is 0 Å². The van der Waals surface area contributed by atoms with E-state index in [1.807, 2.05) is 30.3 Å². The van der Waals surface area contributed by atoms with Crippen LogP contribution in [0, 0.1) is 0 Å². The number of nitrogens with zero attached hydrogens (tertiary/aromatic N) is 2. The maximum atomic E-state index is 5.43. The molecule has 7 heteroatoms. The van der Waals surface area contributed by atoms with Gasteiger partial charge in [-0.25, -0.2) is 9.97 Å². The van der Waals surface area contributed by atoms with Crippen molar-refractivity contribution in [1.82, 2.24) is 15.3 Å². The van der Waals surface area contributed by atoms with Crippen LogP contribution in [0.15, 0.2) is 30.3 Å². The highest BCUT2D eigenvalue weighted by molar-refractivity contribution is 7.80. The Kier molecular flexibility index (Phi) is 8.02. The summed E-state index contributed by atoms with van der Waals surface area (Å²) in [6.07, 6.45) is 7.59. The van der Waals surface area contributed by atoms with Gasteiger partial charge in [-0.15, -0.1) is 0 Å². The average molecular weight is 427 g/mol. The topological polar surface area (TPSA) is 68.3 Å². The molecular formula is C23H30N4O2S. The Labute approximate surface area is 183 Å². The quantitative estimate of drug-likeness (QED) is 0.254. The Balaban J connectivity index is 1.64. The van der Waals surface area contributed by atoms with Gasteiger partial charge in [0.2, 0.25) is 0 Å². The lowest BCUT2D eigenvalue weighted by atomic mass is 10.1. The molecule has 0 bridgehead atoms. The van der Waals surface area contributed by atoms with Crippen molar-refractivity contribution < 1.29 is 9.47 Å². The second-order valence-corrected chi connectivity index (χ2v) is 7.68. The van der Waals surface area contributed by atoms with Crippen molar-refractivity contribution in [3.05, 3.63) is 30.3 Å². The van der Waals surface area contributed by atoms with Crippen LogP contribution in [0.4, 0.5) is 5.69 Å². The molecule has 0 atom stereocenters. The number of hydrogen-bond acceptors (Lipinski definition) is 5. The minimum absolute atomic E-state index is 0.628. The second kappa shape index (κ2) is 10.9. The molecule has 30 heavy (non-hydrogen) atoms. The van der Waals surface area contributed by atoms with E-state index in [2.05, 4.69) is 17.6 Å². The summed E-state index contributed by atoms with van der Waals surface area (Å²) in [5.74, 6) is 1.27. The molecule has 160 valence electrons. The first kappa shape index (κ1) is 22.0. The van der Waals surface area contributed by atoms with E-state index in [0.29, 0.717) is 16.6 Å². The Bertz CT molecular complexity index is 1010. The number of benzene rings is 2. The SMILES string of the molecule is CCCCCCCCNC(=S)Nc1ccc2nc3cc(OC)c(OC)cc3nc2c1. The predicted molar refractivity (Wildman–Crippen MR) is 128 cm³/mol. The zero-order chi connectivity index (χ0) is 21.3. The van der Waals surface area contributed by atoms with Crippen molar-refractivity contribution in [2.24, 2.45) is 0 Å². The summed E-state index contributed by atoms with van der Waals surface area (Å²) in [6, 6.07) is 9.54. The highest BCUT2D eigenvalue weighted by Crippen LogP contribution is 2.31. The molecule has 3 aromatic rings. The third-order valence-electron chi connectivity index (χ3n) is 5.01. The van der Waals surface area contributed by atoms with Crippen LogP contribution in [0.2, 0.25) is 0 Å². The van der Waals surface area contributed by atoms with Crippen LogP contribution < -0.4 is 20.1 Å². The van der Waals surface area contributed by atoms with Crippen molar-refractivity contribution in [2.45, 2.75) is 45.4 Å². The number of anilines is 1. The van der Waals surface area contributed by atoms with Crippen LogP contribution in [0.3, 0.4) is 0 Å². The van der Waals surface area contributed by atoms with Crippen LogP contribution >= 0.6 is 12.2 Å². The molecule has 0 spiro atoms. The van der Waals surface area contributed by atoms with Gasteiger partial charge in [-0.1, -0.05) is 39.0 Å². The van der Waals surface area contributed by atoms with Crippen molar-refractivity contribution in [3.8, 4) is 11.5 Å². The third kappa shape index (κ3) is 5.69. The van der Waals surface area contributed by atoms with Gasteiger partial charge < -0.3 is 20.1 Å². The van der Waals surface area contributed by atoms with Gasteiger partial charge in [0.25, 0.3) is 0 Å². The molecule has 0 amide bonds. The first-order valence-corrected chi connectivity index (χ1v) is 10.9. The third-order valence-corrected chi connectivity index (χ3v) is 5.26. The maximum Gasteiger partial charge on any atom is 0.170 e. The van der Waals surface area contributed by atoms with Gasteiger partial charge in [0.05, 0.1) is 36.3 Å². The normalized spacial score (nSPS) is 10.9. The highest BCUT2D eigenvalue weighted by atomic mass is 32.1. The Morgan fingerprint density at radius 2 is 1.43 bits per heavy atom. The van der Waals surface area contributed by atoms with E-state index in [1.54, 1.807) is 14.2 Å². The molecule has 0 saturated carbocycles. The zero-order valence-electron chi connectivity index (χ0n) is 18.0. The van der Waals surface area contributed by atoms with E-state index in [-0.39, 0.29) is 0 Å². The zero-order valence-corrected chi connectivity index (χ0v) is 18.8. The Morgan fingerprint density at radius 3 is 2.10 bits per heavy atom. The summed E-state index contributed by atoms with van der Waals surface area (Å²) < 4.78 is 10.7. The number of fused-ring (bicyclic) bond motifs is 2. The summed E-state index contributed by atoms with van der Waals surface area (Å²) in [5, 5.41) is 7.15. The van der Waals surface area contributed by atoms with Gasteiger partial charge in [0.15, 0.2) is 16.6 Å². The van der Waals surface area contributed by atoms with Crippen LogP contribution in [0.1, 0.15) is 45.4 Å². The number of ether oxygens (including phenoxy) is 2. The molecule has 2 N–H and O–H groups in total. The second-order valence-electron chi connectivity index (χ2n) is 7.27. The number of unbranched alkanes of at least 4 members (excludes halogenated alkanes) is 5. The molecule has 0 fully saturated rings. The average Bonchev–Trinajstić information content (AvgIpc) is 2.76. The number of thiocarbonyl (C=S) groups is 1. The minimum atomic E-state index is 0.628. The smallest absolute Gasteiger partial charge is 0.170 e. The van der Waals surface area contributed by atoms with Gasteiger partial charge in [-0.05, 0) is 36.8 Å². The lowest BCUT2D eigenvalue weighted by molar-refractivity contribution is 0.355. The lowest BCUT2D eigenvalue weighted by Gasteiger charge is -2.12. The monoisotopic (exact) mass is 426 g/mol. The summed E-state index contributed by atoms with van der Waals surface area (Å²) >= 11 is 5.43. The fourth-order valence-corrected chi connectivity index (χ4v) is 3.58. The largest absolute Gasteiger partial charge is 0.493 e. The first-order chi connectivity index (χ1) is 14.6. The molecule has 1 aromatic heterocycles. The van der Waals surface area contributed by atoms with Gasteiger partial charge in [0, 0.05) is 24.4 Å². The van der Waals surface area contributed by atoms with Crippen molar-refractivity contribution in [1.29, 1.82) is 0 Å². The molecule has 0 saturated heterocycles. The van der Waals surface area contributed by atoms with Gasteiger partial charge >= 0.3 is 0 Å². The fraction of sp³-hybridized carbons (Fsp3) is 0.435. The van der Waals surface area contributed by atoms with Gasteiger partial charge in [-0.2, -0.15) is 0 Å². The lowest BCUT2D eigenvalue weighted by Crippen LogP contribution is -2.29. The molecule has 0 aliphatic heterocycles. The number of rotatable bonds is 10. The Morgan fingerprint density at radius 1 is 0.833 bits per heavy atom. The van der Waals surface area contributed by atoms with Gasteiger partial charge in [-0.3, -0.25) is 0 Å². The number of aromatic nitrogens is 2. The van der Waals surface area contributed by atoms with Crippen LogP contribution in [-0.2, 0) is 0 Å². The molecule has 0 radical (unpaired) electrons. The van der Waals surface area contributed by atoms with Crippen molar-refractivity contribution in [2.75, 3.05) is 26.1 Å². The summed E-state index contributed by atoms with van der Waals surface area (Å²) in [5.41, 5.74) is 4.00. The summed E-state index contributed by atoms with van der Waals surface area (Å²) in [6.45, 7) is 3.12. The first-order valence-electron chi connectivity index (χ1n) is 10.5. The highest BCUT2D eigenvalue weighted by Gasteiger charge is 2.10. The summed E-state index contributed by atoms with van der Waals surface area (Å²) in [4.78, 5) is 9.44. The Hall–Kier alpha value is -2.67. The molecule has 3 rings (SSSR count). The van der Waals surface area contributed by atoms with E-state index < -0.39 is 0 Å². The van der Waals surface area contributed by atoms with E-state index in [4.69, 9.17) is 31.7 Å². The molecule has 0 aliphatic carbocycles. The van der Waals surface area contributed by atoms with Gasteiger partial charge in [0.1, 0.15) is 0 Å². The van der Waals surface area contributed by atoms with Crippen molar-refractivity contribution in [3.63, 3.8) is 0 Å². The van der Waals surface area contributed by atoms with Crippen LogP contribution in [0.25, 0.3) is 22.1 Å². The fourth-order valence-electron chi connectivity index (χ4n) is 3.36. The van der Waals surface area contributed by atoms with E-state index in [1.165, 1.54) is 32.1 Å². The van der Waals surface area contributed by atoms with E-state index in [0.717, 1.165) is 40.7 Å². The number of hydrogen-bond donors (Lipinski definition) is 2. The molecule has 2 aromatic carbocycles. The predicted octanol–water partition coefficient (Wildman–Crippen LogP) is 5.45. The molecule has 6 nitrogen and oxygen atoms in total.